The fourth-order valence-corrected chi connectivity index (χ4v) is 1.94. The summed E-state index contributed by atoms with van der Waals surface area (Å²) < 4.78 is 40.9. The minimum atomic E-state index is -2.55. The Balaban J connectivity index is 1.95. The van der Waals surface area contributed by atoms with Crippen LogP contribution in [0.5, 0.6) is 5.75 Å². The molecule has 2 rings (SSSR count). The number of carboxylic acids is 1. The Kier molecular flexibility index (Phi) is 6.71. The lowest BCUT2D eigenvalue weighted by Crippen LogP contribution is -1.94. The lowest BCUT2D eigenvalue weighted by atomic mass is 10.1. The minimum Gasteiger partial charge on any atom is -0.478 e. The fourth-order valence-electron chi connectivity index (χ4n) is 1.94. The summed E-state index contributed by atoms with van der Waals surface area (Å²) in [5, 5.41) is 8.81. The van der Waals surface area contributed by atoms with Gasteiger partial charge in [0.1, 0.15) is 5.75 Å². The van der Waals surface area contributed by atoms with Crippen molar-refractivity contribution in [1.29, 1.82) is 0 Å². The van der Waals surface area contributed by atoms with Gasteiger partial charge in [0.2, 0.25) is 0 Å². The lowest BCUT2D eigenvalue weighted by Gasteiger charge is -2.01. The van der Waals surface area contributed by atoms with Crippen LogP contribution in [0.25, 0.3) is 12.2 Å². The van der Waals surface area contributed by atoms with E-state index in [1.807, 2.05) is 0 Å². The van der Waals surface area contributed by atoms with Gasteiger partial charge in [-0.1, -0.05) is 36.4 Å². The molecule has 0 spiro atoms. The molecule has 7 heteroatoms. The van der Waals surface area contributed by atoms with Crippen LogP contribution in [-0.2, 0) is 4.79 Å². The molecular formula is C20H13F3O4. The summed E-state index contributed by atoms with van der Waals surface area (Å²) in [5.41, 5.74) is 1.40. The van der Waals surface area contributed by atoms with Crippen molar-refractivity contribution in [1.82, 2.24) is 0 Å². The highest BCUT2D eigenvalue weighted by Crippen LogP contribution is 2.19. The van der Waals surface area contributed by atoms with Crippen LogP contribution in [0, 0.1) is 0 Å². The van der Waals surface area contributed by atoms with Gasteiger partial charge in [0.05, 0.1) is 5.56 Å². The van der Waals surface area contributed by atoms with Gasteiger partial charge in [-0.2, -0.15) is 13.2 Å². The smallest absolute Gasteiger partial charge is 0.344 e. The van der Waals surface area contributed by atoms with Gasteiger partial charge in [0, 0.05) is 0 Å². The SMILES string of the molecule is O=C(/C=C/c1ccc(OC(F)=C(F)F)cc1)/C=C/c1ccc(C(=O)O)cc1. The van der Waals surface area contributed by atoms with Crippen molar-refractivity contribution in [2.45, 2.75) is 0 Å². The molecule has 138 valence electrons. The quantitative estimate of drug-likeness (QED) is 0.541. The molecule has 0 aliphatic heterocycles. The van der Waals surface area contributed by atoms with Gasteiger partial charge in [-0.15, -0.1) is 0 Å². The summed E-state index contributed by atoms with van der Waals surface area (Å²) in [6.07, 6.45) is 3.09. The molecule has 27 heavy (non-hydrogen) atoms. The number of rotatable bonds is 7. The van der Waals surface area contributed by atoms with Crippen LogP contribution in [0.1, 0.15) is 21.5 Å². The Bertz CT molecular complexity index is 907. The van der Waals surface area contributed by atoms with E-state index < -0.39 is 18.1 Å². The maximum Gasteiger partial charge on any atom is 0.344 e. The van der Waals surface area contributed by atoms with Crippen LogP contribution in [0.2, 0.25) is 0 Å². The lowest BCUT2D eigenvalue weighted by molar-refractivity contribution is -0.110. The molecule has 0 fully saturated rings. The van der Waals surface area contributed by atoms with E-state index >= 15 is 0 Å². The highest BCUT2D eigenvalue weighted by atomic mass is 19.3. The second-order valence-electron chi connectivity index (χ2n) is 5.20. The number of carboxylic acid groups (broad SMARTS) is 1. The molecule has 2 aromatic carbocycles. The number of aromatic carboxylic acids is 1. The van der Waals surface area contributed by atoms with Crippen molar-refractivity contribution in [3.63, 3.8) is 0 Å². The summed E-state index contributed by atoms with van der Waals surface area (Å²) in [5.74, 6) is -1.45. The van der Waals surface area contributed by atoms with Crippen LogP contribution in [0.4, 0.5) is 13.2 Å². The van der Waals surface area contributed by atoms with Crippen molar-refractivity contribution in [3.05, 3.63) is 89.5 Å². The first kappa shape index (κ1) is 19.7. The third-order valence-electron chi connectivity index (χ3n) is 3.27. The van der Waals surface area contributed by atoms with Crippen LogP contribution in [-0.4, -0.2) is 16.9 Å². The molecule has 0 heterocycles. The van der Waals surface area contributed by atoms with E-state index in [4.69, 9.17) is 5.11 Å². The molecule has 0 aliphatic carbocycles. The predicted molar refractivity (Wildman–Crippen MR) is 93.9 cm³/mol. The second kappa shape index (κ2) is 9.19. The van der Waals surface area contributed by atoms with E-state index in [9.17, 15) is 22.8 Å². The number of hydrogen-bond acceptors (Lipinski definition) is 3. The molecule has 0 radical (unpaired) electrons. The van der Waals surface area contributed by atoms with Gasteiger partial charge >= 0.3 is 18.1 Å². The van der Waals surface area contributed by atoms with E-state index in [1.165, 1.54) is 60.7 Å². The third-order valence-corrected chi connectivity index (χ3v) is 3.27. The van der Waals surface area contributed by atoms with Crippen molar-refractivity contribution in [2.75, 3.05) is 0 Å². The zero-order valence-corrected chi connectivity index (χ0v) is 13.7. The molecule has 0 saturated heterocycles. The van der Waals surface area contributed by atoms with Crippen molar-refractivity contribution < 1.29 is 32.6 Å². The molecule has 0 aromatic heterocycles. The van der Waals surface area contributed by atoms with Crippen LogP contribution >= 0.6 is 0 Å². The molecular weight excluding hydrogens is 361 g/mol. The number of carbonyl (C=O) groups is 2. The molecule has 1 N–H and O–H groups in total. The molecule has 2 aromatic rings. The number of halogens is 3. The van der Waals surface area contributed by atoms with E-state index in [1.54, 1.807) is 12.1 Å². The number of benzene rings is 2. The second-order valence-corrected chi connectivity index (χ2v) is 5.20. The zero-order chi connectivity index (χ0) is 19.8. The molecule has 0 bridgehead atoms. The van der Waals surface area contributed by atoms with Gasteiger partial charge in [-0.25, -0.2) is 4.79 Å². The Hall–Kier alpha value is -3.61. The third kappa shape index (κ3) is 6.32. The van der Waals surface area contributed by atoms with Crippen LogP contribution in [0.3, 0.4) is 0 Å². The average Bonchev–Trinajstić information content (AvgIpc) is 2.66. The first-order valence-corrected chi connectivity index (χ1v) is 7.57. The monoisotopic (exact) mass is 374 g/mol. The van der Waals surface area contributed by atoms with Gasteiger partial charge in [0.15, 0.2) is 5.78 Å². The average molecular weight is 374 g/mol. The Morgan fingerprint density at radius 3 is 1.74 bits per heavy atom. The zero-order valence-electron chi connectivity index (χ0n) is 13.7. The highest BCUT2D eigenvalue weighted by molar-refractivity contribution is 6.04. The van der Waals surface area contributed by atoms with Crippen LogP contribution in [0.15, 0.2) is 72.8 Å². The number of hydrogen-bond donors (Lipinski definition) is 1. The maximum absolute atomic E-state index is 12.7. The normalized spacial score (nSPS) is 10.9. The summed E-state index contributed by atoms with van der Waals surface area (Å²) in [7, 11) is 0. The van der Waals surface area contributed by atoms with Gasteiger partial charge in [-0.3, -0.25) is 4.79 Å². The summed E-state index contributed by atoms with van der Waals surface area (Å²) in [4.78, 5) is 22.6. The van der Waals surface area contributed by atoms with E-state index in [0.717, 1.165) is 0 Å². The first-order chi connectivity index (χ1) is 12.8. The first-order valence-electron chi connectivity index (χ1n) is 7.57. The van der Waals surface area contributed by atoms with Gasteiger partial charge in [-0.05, 0) is 47.5 Å². The summed E-state index contributed by atoms with van der Waals surface area (Å²) in [6, 6.07) is 9.55. The molecule has 0 atom stereocenters. The molecule has 4 nitrogen and oxygen atoms in total. The predicted octanol–water partition coefficient (Wildman–Crippen LogP) is 5.09. The van der Waals surface area contributed by atoms with Crippen molar-refractivity contribution in [3.8, 4) is 5.75 Å². The highest BCUT2D eigenvalue weighted by Gasteiger charge is 2.07. The standard InChI is InChI=1S/C20H13F3O4/c21-18(22)19(23)27-17-11-5-14(6-12-17)4-10-16(24)9-3-13-1-7-15(8-2-13)20(25)26/h1-12H,(H,25,26)/b9-3+,10-4+. The van der Waals surface area contributed by atoms with E-state index in [-0.39, 0.29) is 17.1 Å². The molecule has 0 aliphatic rings. The fraction of sp³-hybridized carbons (Fsp3) is 0. The Labute approximate surface area is 152 Å². The number of carbonyl (C=O) groups excluding carboxylic acids is 1. The summed E-state index contributed by atoms with van der Waals surface area (Å²) >= 11 is 0. The summed E-state index contributed by atoms with van der Waals surface area (Å²) in [6.45, 7) is 0. The molecule has 0 saturated carbocycles. The number of ether oxygens (including phenoxy) is 1. The van der Waals surface area contributed by atoms with E-state index in [2.05, 4.69) is 4.74 Å². The van der Waals surface area contributed by atoms with E-state index in [0.29, 0.717) is 11.1 Å². The van der Waals surface area contributed by atoms with Crippen molar-refractivity contribution in [2.24, 2.45) is 0 Å². The Morgan fingerprint density at radius 1 is 0.815 bits per heavy atom. The minimum absolute atomic E-state index is 0.103. The van der Waals surface area contributed by atoms with Crippen molar-refractivity contribution >= 4 is 23.9 Å². The number of ketones is 1. The van der Waals surface area contributed by atoms with Gasteiger partial charge in [0.25, 0.3) is 0 Å². The topological polar surface area (TPSA) is 63.6 Å². The number of allylic oxidation sites excluding steroid dienone is 2. The molecule has 0 amide bonds. The maximum atomic E-state index is 12.7. The molecule has 0 unspecified atom stereocenters. The Morgan fingerprint density at radius 2 is 1.30 bits per heavy atom. The van der Waals surface area contributed by atoms with Crippen LogP contribution < -0.4 is 4.74 Å². The van der Waals surface area contributed by atoms with Gasteiger partial charge < -0.3 is 9.84 Å². The largest absolute Gasteiger partial charge is 0.478 e.